The lowest BCUT2D eigenvalue weighted by Gasteiger charge is -2.47. The summed E-state index contributed by atoms with van der Waals surface area (Å²) in [6.07, 6.45) is 3.61. The van der Waals surface area contributed by atoms with Crippen LogP contribution in [0.5, 0.6) is 0 Å². The first-order valence-corrected chi connectivity index (χ1v) is 10.3. The summed E-state index contributed by atoms with van der Waals surface area (Å²) in [6.45, 7) is 7.94. The van der Waals surface area contributed by atoms with Crippen LogP contribution in [-0.2, 0) is 11.3 Å². The molecule has 0 spiro atoms. The van der Waals surface area contributed by atoms with E-state index in [1.54, 1.807) is 6.92 Å². The van der Waals surface area contributed by atoms with Crippen LogP contribution in [-0.4, -0.2) is 41.4 Å². The van der Waals surface area contributed by atoms with Gasteiger partial charge in [-0.25, -0.2) is 0 Å². The van der Waals surface area contributed by atoms with Crippen molar-refractivity contribution in [3.05, 3.63) is 59.7 Å². The number of nitrogens with zero attached hydrogens (tertiary/aromatic N) is 2. The van der Waals surface area contributed by atoms with E-state index in [4.69, 9.17) is 0 Å². The molecule has 3 heteroatoms. The molecule has 3 nitrogen and oxygen atoms in total. The van der Waals surface area contributed by atoms with Crippen molar-refractivity contribution in [1.29, 1.82) is 0 Å². The van der Waals surface area contributed by atoms with Crippen molar-refractivity contribution >= 4 is 5.91 Å². The van der Waals surface area contributed by atoms with E-state index in [1.807, 2.05) is 4.90 Å². The van der Waals surface area contributed by atoms with E-state index >= 15 is 0 Å². The molecule has 27 heavy (non-hydrogen) atoms. The van der Waals surface area contributed by atoms with Crippen LogP contribution in [0, 0.1) is 12.8 Å². The zero-order valence-electron chi connectivity index (χ0n) is 16.5. The van der Waals surface area contributed by atoms with Gasteiger partial charge in [0.25, 0.3) is 0 Å². The lowest BCUT2D eigenvalue weighted by Crippen LogP contribution is -2.54. The van der Waals surface area contributed by atoms with E-state index in [2.05, 4.69) is 60.4 Å². The van der Waals surface area contributed by atoms with Gasteiger partial charge in [0.2, 0.25) is 5.91 Å². The number of amides is 1. The number of piperidine rings is 2. The van der Waals surface area contributed by atoms with Crippen LogP contribution in [0.15, 0.2) is 48.5 Å². The van der Waals surface area contributed by atoms with Gasteiger partial charge in [-0.1, -0.05) is 42.5 Å². The van der Waals surface area contributed by atoms with E-state index in [9.17, 15) is 4.79 Å². The predicted molar refractivity (Wildman–Crippen MR) is 110 cm³/mol. The molecule has 2 aromatic carbocycles. The molecule has 2 saturated heterocycles. The Morgan fingerprint density at radius 1 is 1.07 bits per heavy atom. The van der Waals surface area contributed by atoms with E-state index in [1.165, 1.54) is 41.6 Å². The highest BCUT2D eigenvalue weighted by Gasteiger charge is 2.36. The van der Waals surface area contributed by atoms with Crippen molar-refractivity contribution in [2.75, 3.05) is 19.6 Å². The third-order valence-corrected chi connectivity index (χ3v) is 6.40. The molecule has 0 aliphatic carbocycles. The number of likely N-dealkylation sites (tertiary alicyclic amines) is 2. The van der Waals surface area contributed by atoms with Gasteiger partial charge in [-0.3, -0.25) is 9.69 Å². The minimum atomic E-state index is 0.233. The van der Waals surface area contributed by atoms with Crippen molar-refractivity contribution in [1.82, 2.24) is 9.80 Å². The SMILES string of the molecule is CC(=O)N1CC[C@H]2[C@H](CCCN2Cc2cccc(-c3ccccc3C)c2)C1. The molecule has 2 aliphatic rings. The Hall–Kier alpha value is -2.13. The Labute approximate surface area is 163 Å². The third kappa shape index (κ3) is 3.93. The molecule has 0 bridgehead atoms. The van der Waals surface area contributed by atoms with Crippen LogP contribution >= 0.6 is 0 Å². The van der Waals surface area contributed by atoms with Gasteiger partial charge in [-0.2, -0.15) is 0 Å². The summed E-state index contributed by atoms with van der Waals surface area (Å²) >= 11 is 0. The summed E-state index contributed by atoms with van der Waals surface area (Å²) in [4.78, 5) is 16.5. The van der Waals surface area contributed by atoms with E-state index < -0.39 is 0 Å². The van der Waals surface area contributed by atoms with Gasteiger partial charge in [0.1, 0.15) is 0 Å². The number of aryl methyl sites for hydroxylation is 1. The summed E-state index contributed by atoms with van der Waals surface area (Å²) in [5.74, 6) is 0.868. The number of carbonyl (C=O) groups is 1. The molecule has 2 heterocycles. The summed E-state index contributed by atoms with van der Waals surface area (Å²) in [6, 6.07) is 18.3. The monoisotopic (exact) mass is 362 g/mol. The van der Waals surface area contributed by atoms with Gasteiger partial charge in [-0.05, 0) is 67.0 Å². The number of hydrogen-bond donors (Lipinski definition) is 0. The van der Waals surface area contributed by atoms with Crippen molar-refractivity contribution in [2.45, 2.75) is 45.7 Å². The summed E-state index contributed by atoms with van der Waals surface area (Å²) < 4.78 is 0. The van der Waals surface area contributed by atoms with Crippen LogP contribution in [0.2, 0.25) is 0 Å². The second kappa shape index (κ2) is 7.85. The molecule has 0 unspecified atom stereocenters. The zero-order chi connectivity index (χ0) is 18.8. The first kappa shape index (κ1) is 18.2. The number of hydrogen-bond acceptors (Lipinski definition) is 2. The van der Waals surface area contributed by atoms with Gasteiger partial charge in [0.15, 0.2) is 0 Å². The third-order valence-electron chi connectivity index (χ3n) is 6.40. The van der Waals surface area contributed by atoms with E-state index in [-0.39, 0.29) is 5.91 Å². The lowest BCUT2D eigenvalue weighted by atomic mass is 9.83. The summed E-state index contributed by atoms with van der Waals surface area (Å²) in [5.41, 5.74) is 5.35. The molecule has 0 saturated carbocycles. The number of fused-ring (bicyclic) bond motifs is 1. The zero-order valence-corrected chi connectivity index (χ0v) is 16.5. The molecule has 2 fully saturated rings. The van der Waals surface area contributed by atoms with Gasteiger partial charge in [0, 0.05) is 32.6 Å². The summed E-state index contributed by atoms with van der Waals surface area (Å²) in [7, 11) is 0. The lowest BCUT2D eigenvalue weighted by molar-refractivity contribution is -0.132. The molecule has 0 N–H and O–H groups in total. The van der Waals surface area contributed by atoms with E-state index in [0.29, 0.717) is 12.0 Å². The Balaban J connectivity index is 1.50. The number of rotatable bonds is 3. The highest BCUT2D eigenvalue weighted by molar-refractivity contribution is 5.73. The number of carbonyl (C=O) groups excluding carboxylic acids is 1. The summed E-state index contributed by atoms with van der Waals surface area (Å²) in [5, 5.41) is 0. The molecule has 4 rings (SSSR count). The van der Waals surface area contributed by atoms with Crippen LogP contribution in [0.3, 0.4) is 0 Å². The topological polar surface area (TPSA) is 23.6 Å². The maximum atomic E-state index is 11.8. The Morgan fingerprint density at radius 3 is 2.74 bits per heavy atom. The van der Waals surface area contributed by atoms with Crippen molar-refractivity contribution < 1.29 is 4.79 Å². The van der Waals surface area contributed by atoms with Gasteiger partial charge < -0.3 is 4.90 Å². The van der Waals surface area contributed by atoms with Gasteiger partial charge in [-0.15, -0.1) is 0 Å². The molecule has 2 aromatic rings. The highest BCUT2D eigenvalue weighted by Crippen LogP contribution is 2.32. The molecule has 142 valence electrons. The van der Waals surface area contributed by atoms with Crippen molar-refractivity contribution in [2.24, 2.45) is 5.92 Å². The normalized spacial score (nSPS) is 23.1. The highest BCUT2D eigenvalue weighted by atomic mass is 16.2. The standard InChI is InChI=1S/C24H30N2O/c1-18-7-3-4-11-23(18)21-9-5-8-20(15-21)16-26-13-6-10-22-17-25(19(2)27)14-12-24(22)26/h3-5,7-9,11,15,22,24H,6,10,12-14,16-17H2,1-2H3/t22-,24+/m1/s1. The minimum Gasteiger partial charge on any atom is -0.343 e. The van der Waals surface area contributed by atoms with Crippen LogP contribution < -0.4 is 0 Å². The molecular weight excluding hydrogens is 332 g/mol. The quantitative estimate of drug-likeness (QED) is 0.803. The fourth-order valence-corrected chi connectivity index (χ4v) is 4.96. The average molecular weight is 363 g/mol. The first-order chi connectivity index (χ1) is 13.1. The molecule has 2 aliphatic heterocycles. The van der Waals surface area contributed by atoms with Gasteiger partial charge in [0.05, 0.1) is 0 Å². The molecule has 1 amide bonds. The fourth-order valence-electron chi connectivity index (χ4n) is 4.96. The minimum absolute atomic E-state index is 0.233. The van der Waals surface area contributed by atoms with E-state index in [0.717, 1.165) is 26.1 Å². The Morgan fingerprint density at radius 2 is 1.93 bits per heavy atom. The fraction of sp³-hybridized carbons (Fsp3) is 0.458. The maximum Gasteiger partial charge on any atom is 0.219 e. The molecular formula is C24H30N2O. The average Bonchev–Trinajstić information content (AvgIpc) is 2.68. The van der Waals surface area contributed by atoms with Gasteiger partial charge >= 0.3 is 0 Å². The van der Waals surface area contributed by atoms with Crippen molar-refractivity contribution in [3.63, 3.8) is 0 Å². The largest absolute Gasteiger partial charge is 0.343 e. The van der Waals surface area contributed by atoms with Crippen LogP contribution in [0.4, 0.5) is 0 Å². The molecule has 0 radical (unpaired) electrons. The molecule has 0 aromatic heterocycles. The van der Waals surface area contributed by atoms with Crippen LogP contribution in [0.1, 0.15) is 37.3 Å². The Bertz CT molecular complexity index is 816. The smallest absolute Gasteiger partial charge is 0.219 e. The van der Waals surface area contributed by atoms with Crippen LogP contribution in [0.25, 0.3) is 11.1 Å². The number of benzene rings is 2. The van der Waals surface area contributed by atoms with Crippen molar-refractivity contribution in [3.8, 4) is 11.1 Å². The second-order valence-electron chi connectivity index (χ2n) is 8.21. The maximum absolute atomic E-state index is 11.8. The predicted octanol–water partition coefficient (Wildman–Crippen LogP) is 4.49. The second-order valence-corrected chi connectivity index (χ2v) is 8.21. The first-order valence-electron chi connectivity index (χ1n) is 10.3. The molecule has 2 atom stereocenters. The Kier molecular flexibility index (Phi) is 5.31.